The third-order valence-corrected chi connectivity index (χ3v) is 3.34. The molecule has 0 amide bonds. The molecule has 2 aromatic carbocycles. The first-order valence-electron chi connectivity index (χ1n) is 6.71. The van der Waals surface area contributed by atoms with Crippen LogP contribution in [0.25, 0.3) is 0 Å². The van der Waals surface area contributed by atoms with Crippen LogP contribution < -0.4 is 0 Å². The average Bonchev–Trinajstić information content (AvgIpc) is 2.48. The Hall–Kier alpha value is -2.62. The van der Waals surface area contributed by atoms with Crippen molar-refractivity contribution < 1.29 is 19.1 Å². The van der Waals surface area contributed by atoms with Gasteiger partial charge in [0, 0.05) is 5.56 Å². The molecule has 1 aliphatic rings. The highest BCUT2D eigenvalue weighted by atomic mass is 16.7. The Morgan fingerprint density at radius 3 is 1.90 bits per heavy atom. The summed E-state index contributed by atoms with van der Waals surface area (Å²) in [4.78, 5) is 23.5. The normalized spacial score (nSPS) is 17.0. The zero-order chi connectivity index (χ0) is 14.7. The summed E-state index contributed by atoms with van der Waals surface area (Å²) in [5.41, 5.74) is 1.57. The minimum Gasteiger partial charge on any atom is -0.417 e. The second kappa shape index (κ2) is 5.40. The smallest absolute Gasteiger partial charge is 0.320 e. The average molecular weight is 282 g/mol. The molecule has 2 aromatic rings. The zero-order valence-electron chi connectivity index (χ0n) is 11.3. The number of esters is 2. The highest BCUT2D eigenvalue weighted by Gasteiger charge is 2.45. The van der Waals surface area contributed by atoms with E-state index < -0.39 is 17.7 Å². The molecule has 4 nitrogen and oxygen atoms in total. The van der Waals surface area contributed by atoms with Gasteiger partial charge in [-0.2, -0.15) is 0 Å². The quantitative estimate of drug-likeness (QED) is 0.641. The van der Waals surface area contributed by atoms with Crippen LogP contribution in [0, 0.1) is 0 Å². The van der Waals surface area contributed by atoms with E-state index >= 15 is 0 Å². The van der Waals surface area contributed by atoms with Gasteiger partial charge >= 0.3 is 11.9 Å². The van der Waals surface area contributed by atoms with E-state index in [0.29, 0.717) is 5.56 Å². The Kier molecular flexibility index (Phi) is 3.44. The van der Waals surface area contributed by atoms with Crippen LogP contribution in [-0.2, 0) is 31.3 Å². The molecule has 0 spiro atoms. The van der Waals surface area contributed by atoms with Gasteiger partial charge in [0.2, 0.25) is 0 Å². The lowest BCUT2D eigenvalue weighted by atomic mass is 9.96. The topological polar surface area (TPSA) is 52.6 Å². The molecular formula is C17H14O4. The third kappa shape index (κ3) is 2.79. The Morgan fingerprint density at radius 1 is 0.810 bits per heavy atom. The largest absolute Gasteiger partial charge is 0.417 e. The number of rotatable bonds is 3. The zero-order valence-corrected chi connectivity index (χ0v) is 11.3. The first kappa shape index (κ1) is 13.4. The lowest BCUT2D eigenvalue weighted by molar-refractivity contribution is -0.249. The van der Waals surface area contributed by atoms with Crippen molar-refractivity contribution in [3.05, 3.63) is 71.8 Å². The van der Waals surface area contributed by atoms with E-state index in [0.717, 1.165) is 5.56 Å². The van der Waals surface area contributed by atoms with Gasteiger partial charge in [0.25, 0.3) is 5.79 Å². The Balaban J connectivity index is 2.02. The summed E-state index contributed by atoms with van der Waals surface area (Å²) in [6.45, 7) is 0. The minimum absolute atomic E-state index is 0.287. The SMILES string of the molecule is O=C1CC(=O)OC(Cc2ccccc2)(c2ccccc2)O1. The maximum atomic E-state index is 11.7. The molecule has 1 aliphatic heterocycles. The lowest BCUT2D eigenvalue weighted by Crippen LogP contribution is -2.44. The van der Waals surface area contributed by atoms with Crippen molar-refractivity contribution in [2.75, 3.05) is 0 Å². The second-order valence-corrected chi connectivity index (χ2v) is 4.91. The molecule has 0 saturated carbocycles. The molecular weight excluding hydrogens is 268 g/mol. The highest BCUT2D eigenvalue weighted by Crippen LogP contribution is 2.35. The van der Waals surface area contributed by atoms with E-state index in [1.54, 1.807) is 12.1 Å². The van der Waals surface area contributed by atoms with Crippen LogP contribution in [0.3, 0.4) is 0 Å². The van der Waals surface area contributed by atoms with Crippen LogP contribution in [0.4, 0.5) is 0 Å². The van der Waals surface area contributed by atoms with Gasteiger partial charge in [-0.05, 0) is 5.56 Å². The van der Waals surface area contributed by atoms with Crippen molar-refractivity contribution in [2.24, 2.45) is 0 Å². The monoisotopic (exact) mass is 282 g/mol. The van der Waals surface area contributed by atoms with Gasteiger partial charge in [-0.25, -0.2) is 0 Å². The molecule has 0 aromatic heterocycles. The fraction of sp³-hybridized carbons (Fsp3) is 0.176. The Bertz CT molecular complexity index is 633. The summed E-state index contributed by atoms with van der Waals surface area (Å²) in [6, 6.07) is 18.5. The number of hydrogen-bond donors (Lipinski definition) is 0. The standard InChI is InChI=1S/C17H14O4/c18-15-11-16(19)21-17(20-15,14-9-5-2-6-10-14)12-13-7-3-1-4-8-13/h1-10H,11-12H2. The molecule has 3 rings (SSSR count). The van der Waals surface area contributed by atoms with Crippen LogP contribution in [-0.4, -0.2) is 11.9 Å². The third-order valence-electron chi connectivity index (χ3n) is 3.34. The number of carbonyl (C=O) groups is 2. The molecule has 0 aliphatic carbocycles. The predicted molar refractivity (Wildman–Crippen MR) is 75.1 cm³/mol. The predicted octanol–water partition coefficient (Wildman–Crippen LogP) is 2.57. The van der Waals surface area contributed by atoms with Crippen LogP contribution in [0.2, 0.25) is 0 Å². The molecule has 21 heavy (non-hydrogen) atoms. The summed E-state index contributed by atoms with van der Waals surface area (Å²) in [5.74, 6) is -2.51. The van der Waals surface area contributed by atoms with Gasteiger partial charge in [-0.15, -0.1) is 0 Å². The van der Waals surface area contributed by atoms with Gasteiger partial charge < -0.3 is 9.47 Å². The number of benzene rings is 2. The summed E-state index contributed by atoms with van der Waals surface area (Å²) in [5, 5.41) is 0. The summed E-state index contributed by atoms with van der Waals surface area (Å²) in [6.07, 6.45) is -0.0568. The lowest BCUT2D eigenvalue weighted by Gasteiger charge is -2.36. The minimum atomic E-state index is -1.38. The molecule has 0 bridgehead atoms. The maximum Gasteiger partial charge on any atom is 0.320 e. The van der Waals surface area contributed by atoms with Gasteiger partial charge in [0.15, 0.2) is 0 Å². The molecule has 0 unspecified atom stereocenters. The van der Waals surface area contributed by atoms with Gasteiger partial charge in [-0.3, -0.25) is 9.59 Å². The van der Waals surface area contributed by atoms with Crippen molar-refractivity contribution in [1.29, 1.82) is 0 Å². The fourth-order valence-corrected chi connectivity index (χ4v) is 2.43. The summed E-state index contributed by atoms with van der Waals surface area (Å²) < 4.78 is 10.9. The highest BCUT2D eigenvalue weighted by molar-refractivity contribution is 5.93. The van der Waals surface area contributed by atoms with E-state index in [1.807, 2.05) is 48.5 Å². The summed E-state index contributed by atoms with van der Waals surface area (Å²) >= 11 is 0. The van der Waals surface area contributed by atoms with E-state index in [1.165, 1.54) is 0 Å². The van der Waals surface area contributed by atoms with E-state index in [4.69, 9.17) is 9.47 Å². The van der Waals surface area contributed by atoms with E-state index in [2.05, 4.69) is 0 Å². The van der Waals surface area contributed by atoms with E-state index in [-0.39, 0.29) is 12.8 Å². The van der Waals surface area contributed by atoms with Gasteiger partial charge in [0.05, 0.1) is 6.42 Å². The molecule has 1 fully saturated rings. The van der Waals surface area contributed by atoms with Crippen molar-refractivity contribution in [2.45, 2.75) is 18.6 Å². The number of cyclic esters (lactones) is 2. The van der Waals surface area contributed by atoms with Crippen molar-refractivity contribution >= 4 is 11.9 Å². The number of hydrogen-bond acceptors (Lipinski definition) is 4. The first-order valence-corrected chi connectivity index (χ1v) is 6.71. The fourth-order valence-electron chi connectivity index (χ4n) is 2.43. The molecule has 106 valence electrons. The van der Waals surface area contributed by atoms with Crippen LogP contribution in [0.5, 0.6) is 0 Å². The van der Waals surface area contributed by atoms with Crippen LogP contribution >= 0.6 is 0 Å². The van der Waals surface area contributed by atoms with Crippen molar-refractivity contribution in [3.63, 3.8) is 0 Å². The molecule has 4 heteroatoms. The van der Waals surface area contributed by atoms with Crippen molar-refractivity contribution in [1.82, 2.24) is 0 Å². The van der Waals surface area contributed by atoms with Crippen LogP contribution in [0.15, 0.2) is 60.7 Å². The molecule has 0 atom stereocenters. The molecule has 1 saturated heterocycles. The number of carbonyl (C=O) groups excluding carboxylic acids is 2. The van der Waals surface area contributed by atoms with Gasteiger partial charge in [-0.1, -0.05) is 60.7 Å². The Morgan fingerprint density at radius 2 is 1.33 bits per heavy atom. The Labute approximate surface area is 122 Å². The summed E-state index contributed by atoms with van der Waals surface area (Å²) in [7, 11) is 0. The molecule has 1 heterocycles. The molecule has 0 N–H and O–H groups in total. The first-order chi connectivity index (χ1) is 10.2. The number of ether oxygens (including phenoxy) is 2. The van der Waals surface area contributed by atoms with Gasteiger partial charge in [0.1, 0.15) is 6.42 Å². The van der Waals surface area contributed by atoms with Crippen LogP contribution in [0.1, 0.15) is 17.5 Å². The molecule has 0 radical (unpaired) electrons. The van der Waals surface area contributed by atoms with Crippen molar-refractivity contribution in [3.8, 4) is 0 Å². The maximum absolute atomic E-state index is 11.7. The van der Waals surface area contributed by atoms with E-state index in [9.17, 15) is 9.59 Å². The second-order valence-electron chi connectivity index (χ2n) is 4.91.